The zero-order chi connectivity index (χ0) is 11.3. The van der Waals surface area contributed by atoms with Crippen LogP contribution >= 0.6 is 0 Å². The number of carbonyl (C=O) groups is 2. The molecule has 1 atom stereocenters. The molecular weight excluding hydrogens is 196 g/mol. The number of aliphatic carboxylic acids is 1. The second kappa shape index (κ2) is 5.70. The molecule has 1 saturated heterocycles. The van der Waals surface area contributed by atoms with Gasteiger partial charge in [-0.05, 0) is 19.4 Å². The Hall–Kier alpha value is -1.10. The standard InChI is InChI=1S/C10H18N2O3/c1-8(13)11-9-4-6-12(7-9)5-2-3-10(14)15/h9H,2-7H2,1H3,(H,11,13)(H,14,15). The summed E-state index contributed by atoms with van der Waals surface area (Å²) in [6.45, 7) is 4.12. The number of nitrogens with zero attached hydrogens (tertiary/aromatic N) is 1. The predicted molar refractivity (Wildman–Crippen MR) is 55.5 cm³/mol. The van der Waals surface area contributed by atoms with E-state index in [1.54, 1.807) is 0 Å². The number of likely N-dealkylation sites (tertiary alicyclic amines) is 1. The topological polar surface area (TPSA) is 69.6 Å². The van der Waals surface area contributed by atoms with Crippen LogP contribution in [-0.2, 0) is 9.59 Å². The fraction of sp³-hybridized carbons (Fsp3) is 0.800. The molecule has 1 unspecified atom stereocenters. The van der Waals surface area contributed by atoms with Gasteiger partial charge in [0.1, 0.15) is 0 Å². The fourth-order valence-corrected chi connectivity index (χ4v) is 1.89. The summed E-state index contributed by atoms with van der Waals surface area (Å²) in [6, 6.07) is 0.243. The lowest BCUT2D eigenvalue weighted by molar-refractivity contribution is -0.137. The monoisotopic (exact) mass is 214 g/mol. The summed E-state index contributed by atoms with van der Waals surface area (Å²) >= 11 is 0. The molecule has 1 aliphatic heterocycles. The van der Waals surface area contributed by atoms with Crippen LogP contribution in [0.1, 0.15) is 26.2 Å². The van der Waals surface area contributed by atoms with Crippen LogP contribution in [0.4, 0.5) is 0 Å². The summed E-state index contributed by atoms with van der Waals surface area (Å²) in [5.74, 6) is -0.736. The molecule has 1 amide bonds. The fourth-order valence-electron chi connectivity index (χ4n) is 1.89. The molecule has 1 rings (SSSR count). The van der Waals surface area contributed by atoms with Crippen LogP contribution in [0.5, 0.6) is 0 Å². The van der Waals surface area contributed by atoms with Crippen molar-refractivity contribution in [1.82, 2.24) is 10.2 Å². The van der Waals surface area contributed by atoms with Crippen molar-refractivity contribution in [2.75, 3.05) is 19.6 Å². The molecular formula is C10H18N2O3. The largest absolute Gasteiger partial charge is 0.481 e. The lowest BCUT2D eigenvalue weighted by atomic mass is 10.2. The van der Waals surface area contributed by atoms with E-state index in [4.69, 9.17) is 5.11 Å². The van der Waals surface area contributed by atoms with Crippen molar-refractivity contribution in [2.45, 2.75) is 32.2 Å². The van der Waals surface area contributed by atoms with Gasteiger partial charge in [0.05, 0.1) is 0 Å². The number of rotatable bonds is 5. The van der Waals surface area contributed by atoms with Crippen LogP contribution in [-0.4, -0.2) is 47.6 Å². The molecule has 0 bridgehead atoms. The molecule has 0 aromatic carbocycles. The number of carbonyl (C=O) groups excluding carboxylic acids is 1. The highest BCUT2D eigenvalue weighted by Crippen LogP contribution is 2.09. The first kappa shape index (κ1) is 12.0. The van der Waals surface area contributed by atoms with Gasteiger partial charge in [-0.15, -0.1) is 0 Å². The average Bonchev–Trinajstić information content (AvgIpc) is 2.50. The average molecular weight is 214 g/mol. The molecule has 0 radical (unpaired) electrons. The molecule has 86 valence electrons. The third-order valence-corrected chi connectivity index (χ3v) is 2.54. The molecule has 2 N–H and O–H groups in total. The van der Waals surface area contributed by atoms with Crippen LogP contribution < -0.4 is 5.32 Å². The summed E-state index contributed by atoms with van der Waals surface area (Å²) < 4.78 is 0. The second-order valence-corrected chi connectivity index (χ2v) is 3.98. The van der Waals surface area contributed by atoms with Crippen LogP contribution in [0.15, 0.2) is 0 Å². The van der Waals surface area contributed by atoms with Crippen molar-refractivity contribution in [2.24, 2.45) is 0 Å². The Bertz CT molecular complexity index is 243. The molecule has 1 fully saturated rings. The van der Waals surface area contributed by atoms with E-state index in [0.29, 0.717) is 6.42 Å². The van der Waals surface area contributed by atoms with E-state index >= 15 is 0 Å². The molecule has 5 nitrogen and oxygen atoms in total. The van der Waals surface area contributed by atoms with Crippen LogP contribution in [0, 0.1) is 0 Å². The third-order valence-electron chi connectivity index (χ3n) is 2.54. The Kier molecular flexibility index (Phi) is 4.55. The minimum atomic E-state index is -0.743. The lowest BCUT2D eigenvalue weighted by Gasteiger charge is -2.15. The SMILES string of the molecule is CC(=O)NC1CCN(CCCC(=O)O)C1. The number of hydrogen-bond acceptors (Lipinski definition) is 3. The first-order valence-electron chi connectivity index (χ1n) is 5.29. The molecule has 0 spiro atoms. The Balaban J connectivity index is 2.13. The third kappa shape index (κ3) is 4.78. The summed E-state index contributed by atoms with van der Waals surface area (Å²) in [6.07, 6.45) is 1.87. The first-order valence-corrected chi connectivity index (χ1v) is 5.29. The van der Waals surface area contributed by atoms with Crippen molar-refractivity contribution < 1.29 is 14.7 Å². The molecule has 0 aliphatic carbocycles. The van der Waals surface area contributed by atoms with Crippen molar-refractivity contribution in [3.05, 3.63) is 0 Å². The van der Waals surface area contributed by atoms with Crippen molar-refractivity contribution in [3.63, 3.8) is 0 Å². The second-order valence-electron chi connectivity index (χ2n) is 3.98. The molecule has 1 heterocycles. The van der Waals surface area contributed by atoms with E-state index < -0.39 is 5.97 Å². The van der Waals surface area contributed by atoms with Crippen molar-refractivity contribution in [1.29, 1.82) is 0 Å². The Morgan fingerprint density at radius 3 is 2.87 bits per heavy atom. The minimum Gasteiger partial charge on any atom is -0.481 e. The van der Waals surface area contributed by atoms with E-state index in [9.17, 15) is 9.59 Å². The van der Waals surface area contributed by atoms with Crippen molar-refractivity contribution in [3.8, 4) is 0 Å². The van der Waals surface area contributed by atoms with Gasteiger partial charge in [0, 0.05) is 32.5 Å². The van der Waals surface area contributed by atoms with Gasteiger partial charge < -0.3 is 15.3 Å². The smallest absolute Gasteiger partial charge is 0.303 e. The Morgan fingerprint density at radius 1 is 1.53 bits per heavy atom. The molecule has 0 saturated carbocycles. The lowest BCUT2D eigenvalue weighted by Crippen LogP contribution is -2.35. The highest BCUT2D eigenvalue weighted by molar-refractivity contribution is 5.73. The maximum absolute atomic E-state index is 10.8. The van der Waals surface area contributed by atoms with Gasteiger partial charge in [-0.1, -0.05) is 0 Å². The molecule has 5 heteroatoms. The first-order chi connectivity index (χ1) is 7.08. The summed E-state index contributed by atoms with van der Waals surface area (Å²) in [7, 11) is 0. The number of carboxylic acids is 1. The predicted octanol–water partition coefficient (Wildman–Crippen LogP) is 0.0616. The number of amides is 1. The molecule has 0 aromatic rings. The van der Waals surface area contributed by atoms with E-state index in [0.717, 1.165) is 26.1 Å². The zero-order valence-corrected chi connectivity index (χ0v) is 9.03. The Labute approximate surface area is 89.4 Å². The van der Waals surface area contributed by atoms with Gasteiger partial charge in [0.15, 0.2) is 0 Å². The van der Waals surface area contributed by atoms with Gasteiger partial charge in [-0.2, -0.15) is 0 Å². The highest BCUT2D eigenvalue weighted by atomic mass is 16.4. The van der Waals surface area contributed by atoms with Crippen molar-refractivity contribution >= 4 is 11.9 Å². The van der Waals surface area contributed by atoms with Crippen LogP contribution in [0.25, 0.3) is 0 Å². The zero-order valence-electron chi connectivity index (χ0n) is 9.03. The van der Waals surface area contributed by atoms with Gasteiger partial charge in [0.25, 0.3) is 0 Å². The van der Waals surface area contributed by atoms with Gasteiger partial charge in [0.2, 0.25) is 5.91 Å². The summed E-state index contributed by atoms with van der Waals surface area (Å²) in [5, 5.41) is 11.4. The maximum atomic E-state index is 10.8. The summed E-state index contributed by atoms with van der Waals surface area (Å²) in [4.78, 5) is 23.3. The van der Waals surface area contributed by atoms with E-state index in [1.165, 1.54) is 6.92 Å². The van der Waals surface area contributed by atoms with E-state index in [-0.39, 0.29) is 18.4 Å². The summed E-state index contributed by atoms with van der Waals surface area (Å²) in [5.41, 5.74) is 0. The molecule has 0 aromatic heterocycles. The van der Waals surface area contributed by atoms with Gasteiger partial charge in [-0.3, -0.25) is 9.59 Å². The van der Waals surface area contributed by atoms with Crippen LogP contribution in [0.3, 0.4) is 0 Å². The quantitative estimate of drug-likeness (QED) is 0.679. The number of carboxylic acid groups (broad SMARTS) is 1. The van der Waals surface area contributed by atoms with E-state index in [2.05, 4.69) is 10.2 Å². The maximum Gasteiger partial charge on any atom is 0.303 e. The molecule has 15 heavy (non-hydrogen) atoms. The van der Waals surface area contributed by atoms with Crippen LogP contribution in [0.2, 0.25) is 0 Å². The number of hydrogen-bond donors (Lipinski definition) is 2. The Morgan fingerprint density at radius 2 is 2.27 bits per heavy atom. The minimum absolute atomic E-state index is 0.00684. The van der Waals surface area contributed by atoms with Gasteiger partial charge in [-0.25, -0.2) is 0 Å². The van der Waals surface area contributed by atoms with E-state index in [1.807, 2.05) is 0 Å². The molecule has 1 aliphatic rings. The number of nitrogens with one attached hydrogen (secondary N) is 1. The highest BCUT2D eigenvalue weighted by Gasteiger charge is 2.22. The van der Waals surface area contributed by atoms with Gasteiger partial charge >= 0.3 is 5.97 Å². The normalized spacial score (nSPS) is 21.5.